The van der Waals surface area contributed by atoms with Crippen LogP contribution in [-0.2, 0) is 21.8 Å². The van der Waals surface area contributed by atoms with Crippen LogP contribution in [0.4, 0.5) is 11.5 Å². The van der Waals surface area contributed by atoms with Gasteiger partial charge in [-0.3, -0.25) is 14.4 Å². The van der Waals surface area contributed by atoms with E-state index in [1.54, 1.807) is 24.3 Å². The second kappa shape index (κ2) is 9.58. The van der Waals surface area contributed by atoms with Crippen LogP contribution in [0.15, 0.2) is 58.5 Å². The van der Waals surface area contributed by atoms with E-state index in [0.29, 0.717) is 21.6 Å². The molecule has 3 aromatic rings. The summed E-state index contributed by atoms with van der Waals surface area (Å²) >= 11 is 7.23. The zero-order valence-corrected chi connectivity index (χ0v) is 18.8. The van der Waals surface area contributed by atoms with Crippen molar-refractivity contribution in [3.05, 3.63) is 80.6 Å². The Morgan fingerprint density at radius 2 is 1.81 bits per heavy atom. The number of amides is 2. The third kappa shape index (κ3) is 5.03. The number of benzene rings is 2. The maximum absolute atomic E-state index is 12.9. The van der Waals surface area contributed by atoms with E-state index >= 15 is 0 Å². The Morgan fingerprint density at radius 1 is 1.12 bits per heavy atom. The molecular formula is C23H21ClN4O3S. The SMILES string of the molecule is CCc1ccc(NC(=O)[C@@H]2CC(=O)Nc3nc(SCc4ccc(Cl)cc4)[nH]c(=O)c32)cc1. The van der Waals surface area contributed by atoms with Crippen LogP contribution in [0, 0.1) is 0 Å². The first-order valence-corrected chi connectivity index (χ1v) is 11.5. The second-order valence-corrected chi connectivity index (χ2v) is 8.79. The van der Waals surface area contributed by atoms with Crippen LogP contribution < -0.4 is 16.2 Å². The topological polar surface area (TPSA) is 104 Å². The van der Waals surface area contributed by atoms with E-state index in [2.05, 4.69) is 20.6 Å². The van der Waals surface area contributed by atoms with Crippen molar-refractivity contribution in [3.63, 3.8) is 0 Å². The number of nitrogens with zero attached hydrogens (tertiary/aromatic N) is 1. The Morgan fingerprint density at radius 3 is 2.50 bits per heavy atom. The van der Waals surface area contributed by atoms with Crippen LogP contribution in [0.5, 0.6) is 0 Å². The maximum Gasteiger partial charge on any atom is 0.257 e. The summed E-state index contributed by atoms with van der Waals surface area (Å²) in [6.45, 7) is 2.05. The number of aromatic amines is 1. The van der Waals surface area contributed by atoms with Crippen LogP contribution in [0.25, 0.3) is 0 Å². The van der Waals surface area contributed by atoms with Crippen LogP contribution in [0.2, 0.25) is 5.02 Å². The summed E-state index contributed by atoms with van der Waals surface area (Å²) < 4.78 is 0. The summed E-state index contributed by atoms with van der Waals surface area (Å²) in [6, 6.07) is 14.8. The number of hydrogen-bond acceptors (Lipinski definition) is 5. The fourth-order valence-corrected chi connectivity index (χ4v) is 4.37. The molecule has 0 saturated heterocycles. The molecule has 1 aliphatic rings. The number of H-pyrrole nitrogens is 1. The van der Waals surface area contributed by atoms with Gasteiger partial charge in [0, 0.05) is 22.9 Å². The number of anilines is 2. The van der Waals surface area contributed by atoms with E-state index < -0.39 is 17.4 Å². The van der Waals surface area contributed by atoms with Gasteiger partial charge < -0.3 is 15.6 Å². The standard InChI is InChI=1S/C23H21ClN4O3S/c1-2-13-5-9-16(10-6-13)25-21(30)17-11-18(29)26-20-19(17)22(31)28-23(27-20)32-12-14-3-7-15(24)8-4-14/h3-10,17H,2,11-12H2,1H3,(H,25,30)(H2,26,27,28,29,31)/t17-/m1/s1. The van der Waals surface area contributed by atoms with Crippen molar-refractivity contribution in [2.75, 3.05) is 10.6 Å². The molecule has 1 aromatic heterocycles. The van der Waals surface area contributed by atoms with Crippen molar-refractivity contribution < 1.29 is 9.59 Å². The largest absolute Gasteiger partial charge is 0.326 e. The number of aromatic nitrogens is 2. The lowest BCUT2D eigenvalue weighted by Crippen LogP contribution is -2.36. The summed E-state index contributed by atoms with van der Waals surface area (Å²) in [7, 11) is 0. The van der Waals surface area contributed by atoms with Crippen molar-refractivity contribution in [1.82, 2.24) is 9.97 Å². The highest BCUT2D eigenvalue weighted by Gasteiger charge is 2.34. The number of hydrogen-bond donors (Lipinski definition) is 3. The highest BCUT2D eigenvalue weighted by Crippen LogP contribution is 2.31. The Bertz CT molecular complexity index is 1210. The lowest BCUT2D eigenvalue weighted by atomic mass is 9.92. The molecule has 2 aromatic carbocycles. The summed E-state index contributed by atoms with van der Waals surface area (Å²) in [5.74, 6) is -1.00. The molecule has 32 heavy (non-hydrogen) atoms. The zero-order valence-electron chi connectivity index (χ0n) is 17.3. The molecule has 2 amide bonds. The molecule has 4 rings (SSSR count). The van der Waals surface area contributed by atoms with E-state index in [1.165, 1.54) is 11.8 Å². The van der Waals surface area contributed by atoms with Gasteiger partial charge in [-0.2, -0.15) is 0 Å². The number of nitrogens with one attached hydrogen (secondary N) is 3. The Hall–Kier alpha value is -3.10. The molecule has 3 N–H and O–H groups in total. The Labute approximate surface area is 194 Å². The molecule has 7 nitrogen and oxygen atoms in total. The molecule has 0 aliphatic carbocycles. The number of thioether (sulfide) groups is 1. The fraction of sp³-hybridized carbons (Fsp3) is 0.217. The molecule has 1 aliphatic heterocycles. The summed E-state index contributed by atoms with van der Waals surface area (Å²) in [6.07, 6.45) is 0.776. The van der Waals surface area contributed by atoms with Crippen molar-refractivity contribution in [3.8, 4) is 0 Å². The minimum atomic E-state index is -0.920. The van der Waals surface area contributed by atoms with Crippen LogP contribution in [0.1, 0.15) is 36.0 Å². The lowest BCUT2D eigenvalue weighted by molar-refractivity contribution is -0.123. The zero-order chi connectivity index (χ0) is 22.7. The Kier molecular flexibility index (Phi) is 6.62. The molecule has 0 fully saturated rings. The molecule has 1 atom stereocenters. The van der Waals surface area contributed by atoms with Gasteiger partial charge in [0.2, 0.25) is 11.8 Å². The number of halogens is 1. The second-order valence-electron chi connectivity index (χ2n) is 7.39. The predicted octanol–water partition coefficient (Wildman–Crippen LogP) is 4.34. The molecule has 0 bridgehead atoms. The highest BCUT2D eigenvalue weighted by molar-refractivity contribution is 7.98. The van der Waals surface area contributed by atoms with E-state index in [1.807, 2.05) is 31.2 Å². The number of fused-ring (bicyclic) bond motifs is 1. The van der Waals surface area contributed by atoms with Gasteiger partial charge in [-0.25, -0.2) is 4.98 Å². The van der Waals surface area contributed by atoms with Crippen LogP contribution in [-0.4, -0.2) is 21.8 Å². The molecule has 164 valence electrons. The van der Waals surface area contributed by atoms with Crippen molar-refractivity contribution >= 4 is 46.7 Å². The molecule has 2 heterocycles. The Balaban J connectivity index is 1.54. The first-order valence-electron chi connectivity index (χ1n) is 10.1. The van der Waals surface area contributed by atoms with Crippen molar-refractivity contribution in [1.29, 1.82) is 0 Å². The van der Waals surface area contributed by atoms with E-state index in [9.17, 15) is 14.4 Å². The monoisotopic (exact) mass is 468 g/mol. The van der Waals surface area contributed by atoms with Crippen molar-refractivity contribution in [2.24, 2.45) is 0 Å². The number of aryl methyl sites for hydroxylation is 1. The van der Waals surface area contributed by atoms with Gasteiger partial charge in [0.05, 0.1) is 11.5 Å². The predicted molar refractivity (Wildman–Crippen MR) is 126 cm³/mol. The lowest BCUT2D eigenvalue weighted by Gasteiger charge is -2.23. The third-order valence-corrected chi connectivity index (χ3v) is 6.36. The maximum atomic E-state index is 12.9. The molecule has 0 spiro atoms. The average molecular weight is 469 g/mol. The van der Waals surface area contributed by atoms with Gasteiger partial charge in [-0.1, -0.05) is 54.6 Å². The normalized spacial score (nSPS) is 15.1. The van der Waals surface area contributed by atoms with Gasteiger partial charge in [0.15, 0.2) is 5.16 Å². The molecule has 0 radical (unpaired) electrons. The van der Waals surface area contributed by atoms with Gasteiger partial charge in [-0.15, -0.1) is 0 Å². The fourth-order valence-electron chi connectivity index (χ4n) is 3.43. The molecule has 0 unspecified atom stereocenters. The van der Waals surface area contributed by atoms with Crippen LogP contribution >= 0.6 is 23.4 Å². The number of rotatable bonds is 6. The van der Waals surface area contributed by atoms with E-state index in [-0.39, 0.29) is 23.7 Å². The summed E-state index contributed by atoms with van der Waals surface area (Å²) in [5.41, 5.74) is 2.50. The number of carbonyl (C=O) groups excluding carboxylic acids is 2. The average Bonchev–Trinajstić information content (AvgIpc) is 2.78. The first kappa shape index (κ1) is 22.1. The minimum Gasteiger partial charge on any atom is -0.326 e. The smallest absolute Gasteiger partial charge is 0.257 e. The van der Waals surface area contributed by atoms with Gasteiger partial charge >= 0.3 is 0 Å². The van der Waals surface area contributed by atoms with Gasteiger partial charge in [-0.05, 0) is 41.8 Å². The number of carbonyl (C=O) groups is 2. The van der Waals surface area contributed by atoms with E-state index in [4.69, 9.17) is 11.6 Å². The quantitative estimate of drug-likeness (QED) is 0.368. The first-order chi connectivity index (χ1) is 15.4. The van der Waals surface area contributed by atoms with E-state index in [0.717, 1.165) is 17.5 Å². The summed E-state index contributed by atoms with van der Waals surface area (Å²) in [5, 5.41) is 6.44. The van der Waals surface area contributed by atoms with Gasteiger partial charge in [0.25, 0.3) is 5.56 Å². The summed E-state index contributed by atoms with van der Waals surface area (Å²) in [4.78, 5) is 45.1. The highest BCUT2D eigenvalue weighted by atomic mass is 35.5. The minimum absolute atomic E-state index is 0.117. The van der Waals surface area contributed by atoms with Gasteiger partial charge in [0.1, 0.15) is 5.82 Å². The molecule has 9 heteroatoms. The molecular weight excluding hydrogens is 448 g/mol. The molecule has 0 saturated carbocycles. The third-order valence-electron chi connectivity index (χ3n) is 5.16. The van der Waals surface area contributed by atoms with Crippen LogP contribution in [0.3, 0.4) is 0 Å². The van der Waals surface area contributed by atoms with Crippen molar-refractivity contribution in [2.45, 2.75) is 36.6 Å².